The van der Waals surface area contributed by atoms with Crippen LogP contribution >= 0.6 is 0 Å². The molecule has 0 spiro atoms. The lowest BCUT2D eigenvalue weighted by Gasteiger charge is -2.21. The van der Waals surface area contributed by atoms with Gasteiger partial charge < -0.3 is 19.9 Å². The number of hydrogen-bond donors (Lipinski definition) is 1. The normalized spacial score (nSPS) is 10.1. The summed E-state index contributed by atoms with van der Waals surface area (Å²) in [6, 6.07) is 0. The summed E-state index contributed by atoms with van der Waals surface area (Å²) in [5.41, 5.74) is 4.89. The molecule has 2 N–H and O–H groups in total. The van der Waals surface area contributed by atoms with Gasteiger partial charge in [0.2, 0.25) is 0 Å². The van der Waals surface area contributed by atoms with Gasteiger partial charge in [-0.2, -0.15) is 0 Å². The van der Waals surface area contributed by atoms with E-state index in [0.717, 1.165) is 38.9 Å². The number of terminal acetylenes is 2. The molecule has 1 amide bonds. The highest BCUT2D eigenvalue weighted by atomic mass is 16.5. The van der Waals surface area contributed by atoms with E-state index in [2.05, 4.69) is 21.5 Å². The third kappa shape index (κ3) is 14.7. The van der Waals surface area contributed by atoms with Crippen LogP contribution in [0.4, 0.5) is 4.79 Å². The number of hydrogen-bond acceptors (Lipinski definition) is 5. The van der Waals surface area contributed by atoms with Crippen molar-refractivity contribution in [1.82, 2.24) is 4.90 Å². The van der Waals surface area contributed by atoms with Crippen molar-refractivity contribution in [1.29, 1.82) is 0 Å². The molecule has 6 nitrogen and oxygen atoms in total. The van der Waals surface area contributed by atoms with Crippen LogP contribution in [-0.4, -0.2) is 63.7 Å². The van der Waals surface area contributed by atoms with Gasteiger partial charge in [-0.25, -0.2) is 4.79 Å². The summed E-state index contributed by atoms with van der Waals surface area (Å²) in [7, 11) is 0. The first-order valence-electron chi connectivity index (χ1n) is 7.37. The zero-order valence-corrected chi connectivity index (χ0v) is 13.1. The van der Waals surface area contributed by atoms with Crippen LogP contribution in [0.2, 0.25) is 0 Å². The minimum absolute atomic E-state index is 0.325. The largest absolute Gasteiger partial charge is 0.450 e. The number of nitrogens with zero attached hydrogens (tertiary/aromatic N) is 1. The predicted octanol–water partition coefficient (Wildman–Crippen LogP) is 0.854. The van der Waals surface area contributed by atoms with Crippen LogP contribution < -0.4 is 5.73 Å². The summed E-state index contributed by atoms with van der Waals surface area (Å²) in [5.74, 6) is 4.88. The molecule has 0 unspecified atom stereocenters. The van der Waals surface area contributed by atoms with Crippen LogP contribution in [0.3, 0.4) is 0 Å². The molecule has 0 heterocycles. The van der Waals surface area contributed by atoms with Crippen molar-refractivity contribution < 1.29 is 19.0 Å². The third-order valence-corrected chi connectivity index (χ3v) is 2.84. The van der Waals surface area contributed by atoms with Crippen molar-refractivity contribution in [2.45, 2.75) is 19.3 Å². The van der Waals surface area contributed by atoms with Crippen LogP contribution in [0.5, 0.6) is 0 Å². The van der Waals surface area contributed by atoms with Crippen molar-refractivity contribution in [3.05, 3.63) is 0 Å². The Morgan fingerprint density at radius 2 is 1.50 bits per heavy atom. The highest BCUT2D eigenvalue weighted by molar-refractivity contribution is 5.64. The second kappa shape index (κ2) is 15.7. The molecule has 0 saturated carbocycles. The van der Waals surface area contributed by atoms with Gasteiger partial charge in [-0.1, -0.05) is 11.8 Å². The Morgan fingerprint density at radius 3 is 2.00 bits per heavy atom. The number of carbonyl (C=O) groups excluding carboxylic acids is 1. The molecular formula is C16H26N2O4. The van der Waals surface area contributed by atoms with E-state index in [1.165, 1.54) is 0 Å². The Labute approximate surface area is 133 Å². The fraction of sp³-hybridized carbons (Fsp3) is 0.688. The molecule has 0 aromatic rings. The van der Waals surface area contributed by atoms with E-state index in [4.69, 9.17) is 28.1 Å². The van der Waals surface area contributed by atoms with Gasteiger partial charge >= 0.3 is 6.09 Å². The number of nitrogens with two attached hydrogens (primary N) is 1. The lowest BCUT2D eigenvalue weighted by atomic mass is 10.2. The highest BCUT2D eigenvalue weighted by Crippen LogP contribution is 2.00. The summed E-state index contributed by atoms with van der Waals surface area (Å²) >= 11 is 0. The van der Waals surface area contributed by atoms with Crippen LogP contribution in [0.1, 0.15) is 19.3 Å². The van der Waals surface area contributed by atoms with Gasteiger partial charge in [-0.15, -0.1) is 12.8 Å². The Bertz CT molecular complexity index is 338. The van der Waals surface area contributed by atoms with Gasteiger partial charge in [-0.3, -0.25) is 4.90 Å². The molecule has 0 fully saturated rings. The van der Waals surface area contributed by atoms with Crippen LogP contribution in [0.25, 0.3) is 0 Å². The summed E-state index contributed by atoms with van der Waals surface area (Å²) in [4.78, 5) is 12.7. The number of unbranched alkanes of at least 4 members (excludes halogenated alkanes) is 2. The van der Waals surface area contributed by atoms with Gasteiger partial charge in [0.15, 0.2) is 0 Å². The topological polar surface area (TPSA) is 74.0 Å². The SMILES string of the molecule is C#CCOCCN(CCCCCOC(N)=O)CCOCC#C. The van der Waals surface area contributed by atoms with Crippen LogP contribution in [0, 0.1) is 24.7 Å². The molecule has 0 bridgehead atoms. The lowest BCUT2D eigenvalue weighted by molar-refractivity contribution is 0.0936. The van der Waals surface area contributed by atoms with Crippen LogP contribution in [0.15, 0.2) is 0 Å². The number of carbonyl (C=O) groups is 1. The number of rotatable bonds is 14. The number of ether oxygens (including phenoxy) is 3. The number of primary amides is 1. The summed E-state index contributed by atoms with van der Waals surface area (Å²) < 4.78 is 15.3. The fourth-order valence-electron chi connectivity index (χ4n) is 1.77. The second-order valence-electron chi connectivity index (χ2n) is 4.58. The molecule has 124 valence electrons. The average Bonchev–Trinajstić information content (AvgIpc) is 2.50. The molecule has 0 aromatic heterocycles. The molecule has 0 radical (unpaired) electrons. The third-order valence-electron chi connectivity index (χ3n) is 2.84. The molecule has 0 rings (SSSR count). The van der Waals surface area contributed by atoms with Crippen molar-refractivity contribution in [2.24, 2.45) is 5.73 Å². The first-order valence-corrected chi connectivity index (χ1v) is 7.37. The lowest BCUT2D eigenvalue weighted by Crippen LogP contribution is -2.32. The van der Waals surface area contributed by atoms with E-state index in [-0.39, 0.29) is 0 Å². The maximum absolute atomic E-state index is 10.4. The summed E-state index contributed by atoms with van der Waals surface area (Å²) in [5, 5.41) is 0. The molecule has 6 heteroatoms. The smallest absolute Gasteiger partial charge is 0.404 e. The van der Waals surface area contributed by atoms with E-state index < -0.39 is 6.09 Å². The molecule has 0 aliphatic carbocycles. The Kier molecular flexibility index (Phi) is 14.4. The quantitative estimate of drug-likeness (QED) is 0.380. The van der Waals surface area contributed by atoms with E-state index >= 15 is 0 Å². The van der Waals surface area contributed by atoms with Gasteiger partial charge in [0.1, 0.15) is 13.2 Å². The average molecular weight is 310 g/mol. The number of amides is 1. The van der Waals surface area contributed by atoms with Crippen molar-refractivity contribution in [3.8, 4) is 24.7 Å². The highest BCUT2D eigenvalue weighted by Gasteiger charge is 2.05. The van der Waals surface area contributed by atoms with Gasteiger partial charge in [0.05, 0.1) is 19.8 Å². The molecule has 0 atom stereocenters. The minimum Gasteiger partial charge on any atom is -0.450 e. The van der Waals surface area contributed by atoms with E-state index in [1.807, 2.05) is 0 Å². The van der Waals surface area contributed by atoms with Gasteiger partial charge in [0.25, 0.3) is 0 Å². The predicted molar refractivity (Wildman–Crippen MR) is 85.1 cm³/mol. The molecule has 0 aromatic carbocycles. The van der Waals surface area contributed by atoms with Crippen molar-refractivity contribution in [3.63, 3.8) is 0 Å². The van der Waals surface area contributed by atoms with Crippen molar-refractivity contribution >= 4 is 6.09 Å². The summed E-state index contributed by atoms with van der Waals surface area (Å²) in [6.07, 6.45) is 12.3. The maximum atomic E-state index is 10.4. The Morgan fingerprint density at radius 1 is 0.909 bits per heavy atom. The standard InChI is InChI=1S/C16H26N2O4/c1-3-11-20-14-9-18(10-15-21-12-4-2)8-6-5-7-13-22-16(17)19/h1-2H,5-15H2,(H2,17,19). The second-order valence-corrected chi connectivity index (χ2v) is 4.58. The van der Waals surface area contributed by atoms with Gasteiger partial charge in [-0.05, 0) is 25.8 Å². The van der Waals surface area contributed by atoms with E-state index in [9.17, 15) is 4.79 Å². The molecular weight excluding hydrogens is 284 g/mol. The zero-order valence-electron chi connectivity index (χ0n) is 13.1. The monoisotopic (exact) mass is 310 g/mol. The molecule has 0 aliphatic rings. The first-order chi connectivity index (χ1) is 10.7. The molecule has 0 aliphatic heterocycles. The summed E-state index contributed by atoms with van der Waals surface area (Å²) in [6.45, 7) is 4.69. The Balaban J connectivity index is 3.78. The Hall–Kier alpha value is -1.73. The van der Waals surface area contributed by atoms with Gasteiger partial charge in [0, 0.05) is 13.1 Å². The minimum atomic E-state index is -0.724. The van der Waals surface area contributed by atoms with E-state index in [0.29, 0.717) is 33.0 Å². The molecule has 22 heavy (non-hydrogen) atoms. The van der Waals surface area contributed by atoms with Crippen LogP contribution in [-0.2, 0) is 14.2 Å². The fourth-order valence-corrected chi connectivity index (χ4v) is 1.77. The van der Waals surface area contributed by atoms with Crippen molar-refractivity contribution in [2.75, 3.05) is 52.7 Å². The first kappa shape index (κ1) is 20.3. The zero-order chi connectivity index (χ0) is 16.5. The molecule has 0 saturated heterocycles. The maximum Gasteiger partial charge on any atom is 0.404 e. The van der Waals surface area contributed by atoms with E-state index in [1.54, 1.807) is 0 Å².